The number of amides is 1. The summed E-state index contributed by atoms with van der Waals surface area (Å²) in [5, 5.41) is 13.2. The number of ether oxygens (including phenoxy) is 2. The van der Waals surface area contributed by atoms with Crippen LogP contribution in [0.2, 0.25) is 0 Å². The fraction of sp³-hybridized carbons (Fsp3) is 0.273. The number of likely N-dealkylation sites (N-methyl/N-ethyl adjacent to an activating group) is 1. The lowest BCUT2D eigenvalue weighted by Crippen LogP contribution is -2.40. The molecule has 2 heterocycles. The molecule has 0 spiro atoms. The number of rotatable bonds is 7. The van der Waals surface area contributed by atoms with E-state index < -0.39 is 6.10 Å². The molecule has 1 aliphatic rings. The van der Waals surface area contributed by atoms with Crippen molar-refractivity contribution in [2.24, 2.45) is 0 Å². The molecule has 1 atom stereocenters. The molecule has 1 aliphatic heterocycles. The summed E-state index contributed by atoms with van der Waals surface area (Å²) in [4.78, 5) is 15.0. The highest BCUT2D eigenvalue weighted by atomic mass is 16.6. The number of fused-ring (bicyclic) bond motifs is 1. The Morgan fingerprint density at radius 1 is 1.17 bits per heavy atom. The zero-order valence-corrected chi connectivity index (χ0v) is 17.0. The lowest BCUT2D eigenvalue weighted by atomic mass is 10.1. The molecule has 0 saturated heterocycles. The van der Waals surface area contributed by atoms with Gasteiger partial charge in [-0.05, 0) is 43.9 Å². The van der Waals surface area contributed by atoms with Crippen molar-refractivity contribution in [3.8, 4) is 22.6 Å². The molecule has 2 aromatic carbocycles. The maximum Gasteiger partial charge on any atom is 0.269 e. The van der Waals surface area contributed by atoms with Crippen LogP contribution < -0.4 is 20.1 Å². The van der Waals surface area contributed by atoms with Gasteiger partial charge in [-0.3, -0.25) is 9.89 Å². The molecule has 0 unspecified atom stereocenters. The molecule has 30 heavy (non-hydrogen) atoms. The molecule has 0 saturated carbocycles. The van der Waals surface area contributed by atoms with Gasteiger partial charge in [-0.15, -0.1) is 0 Å². The van der Waals surface area contributed by atoms with E-state index in [-0.39, 0.29) is 12.5 Å². The highest BCUT2D eigenvalue weighted by Crippen LogP contribution is 2.32. The molecular weight excluding hydrogens is 382 g/mol. The van der Waals surface area contributed by atoms with Gasteiger partial charge in [0.2, 0.25) is 6.10 Å². The van der Waals surface area contributed by atoms with Crippen molar-refractivity contribution in [2.75, 3.05) is 44.4 Å². The number of hydrogen-bond donors (Lipinski definition) is 3. The van der Waals surface area contributed by atoms with Gasteiger partial charge >= 0.3 is 0 Å². The Kier molecular flexibility index (Phi) is 5.85. The summed E-state index contributed by atoms with van der Waals surface area (Å²) in [6, 6.07) is 13.2. The normalized spacial score (nSPS) is 15.1. The van der Waals surface area contributed by atoms with E-state index in [1.807, 2.05) is 56.7 Å². The molecule has 1 amide bonds. The topological polar surface area (TPSA) is 91.5 Å². The molecule has 4 rings (SSSR count). The minimum Gasteiger partial charge on any atom is -0.485 e. The first-order valence-corrected chi connectivity index (χ1v) is 9.81. The van der Waals surface area contributed by atoms with Crippen molar-refractivity contribution in [3.05, 3.63) is 54.9 Å². The molecule has 8 nitrogen and oxygen atoms in total. The van der Waals surface area contributed by atoms with Gasteiger partial charge in [-0.25, -0.2) is 0 Å². The van der Waals surface area contributed by atoms with Crippen LogP contribution in [0.15, 0.2) is 54.9 Å². The van der Waals surface area contributed by atoms with Gasteiger partial charge in [0.15, 0.2) is 11.5 Å². The third kappa shape index (κ3) is 4.55. The number of nitrogens with one attached hydrogen (secondary N) is 3. The number of hydrogen-bond acceptors (Lipinski definition) is 6. The summed E-state index contributed by atoms with van der Waals surface area (Å²) in [7, 11) is 4.04. The van der Waals surface area contributed by atoms with Crippen molar-refractivity contribution in [1.29, 1.82) is 0 Å². The molecular formula is C22H25N5O3. The Hall–Kier alpha value is -3.52. The van der Waals surface area contributed by atoms with Crippen LogP contribution in [0, 0.1) is 0 Å². The van der Waals surface area contributed by atoms with Gasteiger partial charge in [0.25, 0.3) is 5.91 Å². The Morgan fingerprint density at radius 2 is 2.00 bits per heavy atom. The molecule has 3 aromatic rings. The van der Waals surface area contributed by atoms with Crippen LogP contribution in [0.25, 0.3) is 11.1 Å². The molecule has 0 bridgehead atoms. The van der Waals surface area contributed by atoms with Gasteiger partial charge in [0.1, 0.15) is 6.61 Å². The van der Waals surface area contributed by atoms with Crippen LogP contribution in [0.1, 0.15) is 0 Å². The lowest BCUT2D eigenvalue weighted by molar-refractivity contribution is -0.125. The largest absolute Gasteiger partial charge is 0.485 e. The Bertz CT molecular complexity index is 1000. The second-order valence-electron chi connectivity index (χ2n) is 7.33. The van der Waals surface area contributed by atoms with Crippen molar-refractivity contribution in [3.63, 3.8) is 0 Å². The third-order valence-electron chi connectivity index (χ3n) is 4.78. The molecule has 0 aliphatic carbocycles. The van der Waals surface area contributed by atoms with E-state index >= 15 is 0 Å². The van der Waals surface area contributed by atoms with Crippen LogP contribution in [0.4, 0.5) is 11.4 Å². The average Bonchev–Trinajstić information content (AvgIpc) is 3.29. The number of aromatic amines is 1. The SMILES string of the molecule is CN(C)CCNc1cc(-c2cn[nH]c2)ccc1NC(=O)[C@@H]1COc2ccccc2O1. The quantitative estimate of drug-likeness (QED) is 0.558. The molecule has 3 N–H and O–H groups in total. The number of carbonyl (C=O) groups is 1. The Morgan fingerprint density at radius 3 is 2.77 bits per heavy atom. The number of H-pyrrole nitrogens is 1. The number of benzene rings is 2. The van der Waals surface area contributed by atoms with Gasteiger partial charge < -0.3 is 25.0 Å². The van der Waals surface area contributed by atoms with Crippen LogP contribution in [-0.2, 0) is 4.79 Å². The first-order valence-electron chi connectivity index (χ1n) is 9.81. The Labute approximate surface area is 175 Å². The number of carbonyl (C=O) groups excluding carboxylic acids is 1. The monoisotopic (exact) mass is 407 g/mol. The van der Waals surface area contributed by atoms with Crippen LogP contribution in [0.3, 0.4) is 0 Å². The van der Waals surface area contributed by atoms with Crippen LogP contribution in [0.5, 0.6) is 11.5 Å². The third-order valence-corrected chi connectivity index (χ3v) is 4.78. The zero-order valence-electron chi connectivity index (χ0n) is 17.0. The van der Waals surface area contributed by atoms with Crippen molar-refractivity contribution >= 4 is 17.3 Å². The summed E-state index contributed by atoms with van der Waals surface area (Å²) >= 11 is 0. The van der Waals surface area contributed by atoms with Crippen molar-refractivity contribution in [2.45, 2.75) is 6.10 Å². The number of para-hydroxylation sites is 2. The summed E-state index contributed by atoms with van der Waals surface area (Å²) in [6.45, 7) is 1.76. The second kappa shape index (κ2) is 8.87. The lowest BCUT2D eigenvalue weighted by Gasteiger charge is -2.26. The minimum atomic E-state index is -0.719. The summed E-state index contributed by atoms with van der Waals surface area (Å²) in [5.41, 5.74) is 3.50. The summed E-state index contributed by atoms with van der Waals surface area (Å²) in [5.74, 6) is 0.969. The first kappa shape index (κ1) is 19.8. The maximum absolute atomic E-state index is 12.9. The highest BCUT2D eigenvalue weighted by Gasteiger charge is 2.27. The second-order valence-corrected chi connectivity index (χ2v) is 7.33. The van der Waals surface area contributed by atoms with E-state index in [0.29, 0.717) is 17.2 Å². The number of anilines is 2. The molecule has 0 radical (unpaired) electrons. The molecule has 0 fully saturated rings. The fourth-order valence-corrected chi connectivity index (χ4v) is 3.16. The zero-order chi connectivity index (χ0) is 20.9. The molecule has 8 heteroatoms. The van der Waals surface area contributed by atoms with E-state index in [1.165, 1.54) is 0 Å². The van der Waals surface area contributed by atoms with Gasteiger partial charge in [0.05, 0.1) is 17.6 Å². The highest BCUT2D eigenvalue weighted by molar-refractivity contribution is 5.98. The number of nitrogens with zero attached hydrogens (tertiary/aromatic N) is 2. The average molecular weight is 407 g/mol. The minimum absolute atomic E-state index is 0.166. The van der Waals surface area contributed by atoms with E-state index in [1.54, 1.807) is 12.3 Å². The van der Waals surface area contributed by atoms with Crippen LogP contribution in [-0.4, -0.2) is 60.9 Å². The standard InChI is InChI=1S/C22H25N5O3/c1-27(2)10-9-23-18-11-15(16-12-24-25-13-16)7-8-17(18)26-22(28)21-14-29-19-5-3-4-6-20(19)30-21/h3-8,11-13,21,23H,9-10,14H2,1-2H3,(H,24,25)(H,26,28)/t21-/m0/s1. The van der Waals surface area contributed by atoms with Crippen molar-refractivity contribution < 1.29 is 14.3 Å². The van der Waals surface area contributed by atoms with E-state index in [4.69, 9.17) is 9.47 Å². The van der Waals surface area contributed by atoms with E-state index in [2.05, 4.69) is 25.7 Å². The molecule has 1 aromatic heterocycles. The van der Waals surface area contributed by atoms with Crippen molar-refractivity contribution in [1.82, 2.24) is 15.1 Å². The predicted octanol–water partition coefficient (Wildman–Crippen LogP) is 2.83. The maximum atomic E-state index is 12.9. The summed E-state index contributed by atoms with van der Waals surface area (Å²) in [6.07, 6.45) is 2.88. The van der Waals surface area contributed by atoms with E-state index in [0.717, 1.165) is 29.9 Å². The van der Waals surface area contributed by atoms with Gasteiger partial charge in [-0.1, -0.05) is 18.2 Å². The fourth-order valence-electron chi connectivity index (χ4n) is 3.16. The van der Waals surface area contributed by atoms with Gasteiger partial charge in [0, 0.05) is 24.8 Å². The predicted molar refractivity (Wildman–Crippen MR) is 116 cm³/mol. The smallest absolute Gasteiger partial charge is 0.269 e. The van der Waals surface area contributed by atoms with Gasteiger partial charge in [-0.2, -0.15) is 5.10 Å². The number of aromatic nitrogens is 2. The first-order chi connectivity index (χ1) is 14.6. The summed E-state index contributed by atoms with van der Waals surface area (Å²) < 4.78 is 11.5. The van der Waals surface area contributed by atoms with E-state index in [9.17, 15) is 4.79 Å². The molecule has 156 valence electrons. The Balaban J connectivity index is 1.51. The van der Waals surface area contributed by atoms with Crippen LogP contribution >= 0.6 is 0 Å².